The van der Waals surface area contributed by atoms with Crippen molar-refractivity contribution in [3.05, 3.63) is 33.6 Å². The first-order valence-electron chi connectivity index (χ1n) is 5.86. The fourth-order valence-corrected chi connectivity index (χ4v) is 2.27. The zero-order valence-corrected chi connectivity index (χ0v) is 10.3. The highest BCUT2D eigenvalue weighted by Crippen LogP contribution is 2.34. The maximum absolute atomic E-state index is 13.5. The van der Waals surface area contributed by atoms with Gasteiger partial charge in [0.1, 0.15) is 11.5 Å². The molecule has 0 amide bonds. The number of carbonyl (C=O) groups is 1. The van der Waals surface area contributed by atoms with Gasteiger partial charge in [-0.05, 0) is 18.4 Å². The molecule has 0 bridgehead atoms. The van der Waals surface area contributed by atoms with Crippen molar-refractivity contribution in [2.45, 2.75) is 13.3 Å². The van der Waals surface area contributed by atoms with Crippen LogP contribution in [0, 0.1) is 21.8 Å². The molecule has 0 aliphatic carbocycles. The molecular weight excluding hydrogens is 255 g/mol. The third kappa shape index (κ3) is 2.49. The Bertz CT molecular complexity index is 547. The van der Waals surface area contributed by atoms with Gasteiger partial charge in [0.05, 0.1) is 16.6 Å². The van der Waals surface area contributed by atoms with E-state index in [9.17, 15) is 19.3 Å². The van der Waals surface area contributed by atoms with Crippen molar-refractivity contribution in [3.8, 4) is 0 Å². The van der Waals surface area contributed by atoms with E-state index in [2.05, 4.69) is 0 Å². The number of carboxylic acid groups (broad SMARTS) is 1. The van der Waals surface area contributed by atoms with Crippen molar-refractivity contribution >= 4 is 17.3 Å². The van der Waals surface area contributed by atoms with E-state index in [-0.39, 0.29) is 5.69 Å². The van der Waals surface area contributed by atoms with Crippen LogP contribution in [0.2, 0.25) is 0 Å². The molecule has 6 nitrogen and oxygen atoms in total. The van der Waals surface area contributed by atoms with E-state index in [0.717, 1.165) is 12.5 Å². The molecule has 1 saturated heterocycles. The molecule has 1 heterocycles. The topological polar surface area (TPSA) is 83.7 Å². The quantitative estimate of drug-likeness (QED) is 0.671. The molecule has 0 aromatic heterocycles. The van der Waals surface area contributed by atoms with Crippen LogP contribution in [0.5, 0.6) is 0 Å². The fraction of sp³-hybridized carbons (Fsp3) is 0.417. The van der Waals surface area contributed by atoms with E-state index < -0.39 is 28.0 Å². The van der Waals surface area contributed by atoms with Crippen molar-refractivity contribution in [2.75, 3.05) is 18.0 Å². The van der Waals surface area contributed by atoms with Crippen LogP contribution in [0.4, 0.5) is 15.8 Å². The molecule has 1 unspecified atom stereocenters. The van der Waals surface area contributed by atoms with Crippen LogP contribution in [0.3, 0.4) is 0 Å². The number of nitrogens with zero attached hydrogens (tertiary/aromatic N) is 2. The van der Waals surface area contributed by atoms with Crippen LogP contribution < -0.4 is 4.90 Å². The smallest absolute Gasteiger partial charge is 0.338 e. The van der Waals surface area contributed by atoms with Crippen molar-refractivity contribution in [3.63, 3.8) is 0 Å². The first-order chi connectivity index (χ1) is 8.90. The van der Waals surface area contributed by atoms with Gasteiger partial charge >= 0.3 is 5.97 Å². The molecule has 1 fully saturated rings. The van der Waals surface area contributed by atoms with Gasteiger partial charge in [0.2, 0.25) is 0 Å². The van der Waals surface area contributed by atoms with Crippen molar-refractivity contribution in [1.82, 2.24) is 0 Å². The third-order valence-corrected chi connectivity index (χ3v) is 3.26. The molecule has 19 heavy (non-hydrogen) atoms. The minimum Gasteiger partial charge on any atom is -0.478 e. The Kier molecular flexibility index (Phi) is 3.37. The summed E-state index contributed by atoms with van der Waals surface area (Å²) in [5, 5.41) is 19.8. The van der Waals surface area contributed by atoms with Gasteiger partial charge in [-0.25, -0.2) is 9.18 Å². The minimum absolute atomic E-state index is 0.174. The average molecular weight is 268 g/mol. The summed E-state index contributed by atoms with van der Waals surface area (Å²) in [5.74, 6) is -2.14. The van der Waals surface area contributed by atoms with E-state index in [1.807, 2.05) is 6.92 Å². The Morgan fingerprint density at radius 1 is 1.58 bits per heavy atom. The number of nitro benzene ring substituents is 1. The number of carboxylic acids is 1. The Morgan fingerprint density at radius 2 is 2.26 bits per heavy atom. The minimum atomic E-state index is -1.43. The second-order valence-corrected chi connectivity index (χ2v) is 4.72. The van der Waals surface area contributed by atoms with Crippen LogP contribution in [0.15, 0.2) is 12.1 Å². The highest BCUT2D eigenvalue weighted by molar-refractivity contribution is 5.90. The number of anilines is 1. The maximum atomic E-state index is 13.5. The van der Waals surface area contributed by atoms with Gasteiger partial charge in [-0.3, -0.25) is 10.1 Å². The lowest BCUT2D eigenvalue weighted by molar-refractivity contribution is -0.384. The highest BCUT2D eigenvalue weighted by atomic mass is 19.1. The van der Waals surface area contributed by atoms with Crippen LogP contribution in [0.25, 0.3) is 0 Å². The number of rotatable bonds is 3. The summed E-state index contributed by atoms with van der Waals surface area (Å²) in [7, 11) is 0. The normalized spacial score (nSPS) is 18.6. The van der Waals surface area contributed by atoms with Gasteiger partial charge in [0.15, 0.2) is 0 Å². The van der Waals surface area contributed by atoms with Gasteiger partial charge in [0, 0.05) is 13.1 Å². The summed E-state index contributed by atoms with van der Waals surface area (Å²) in [5.41, 5.74) is -0.759. The lowest BCUT2D eigenvalue weighted by Gasteiger charge is -2.18. The van der Waals surface area contributed by atoms with E-state index in [1.165, 1.54) is 0 Å². The van der Waals surface area contributed by atoms with Gasteiger partial charge in [-0.15, -0.1) is 0 Å². The largest absolute Gasteiger partial charge is 0.478 e. The Morgan fingerprint density at radius 3 is 2.74 bits per heavy atom. The molecule has 102 valence electrons. The number of nitro groups is 1. The molecule has 1 atom stereocenters. The summed E-state index contributed by atoms with van der Waals surface area (Å²) in [6, 6.07) is 1.73. The Balaban J connectivity index is 2.52. The summed E-state index contributed by atoms with van der Waals surface area (Å²) in [6.45, 7) is 3.21. The summed E-state index contributed by atoms with van der Waals surface area (Å²) in [6.07, 6.45) is 0.872. The van der Waals surface area contributed by atoms with Crippen molar-refractivity contribution < 1.29 is 19.2 Å². The van der Waals surface area contributed by atoms with Gasteiger partial charge in [-0.1, -0.05) is 6.92 Å². The molecule has 1 aliphatic rings. The molecule has 0 radical (unpaired) electrons. The Labute approximate surface area is 108 Å². The molecule has 0 spiro atoms. The first-order valence-corrected chi connectivity index (χ1v) is 5.86. The third-order valence-electron chi connectivity index (χ3n) is 3.26. The standard InChI is InChI=1S/C12H13FN2O4/c1-7-2-3-14(6-7)10-4-8(12(16)17)9(13)5-11(10)15(18)19/h4-5,7H,2-3,6H2,1H3,(H,16,17). The second kappa shape index (κ2) is 4.83. The van der Waals surface area contributed by atoms with Gasteiger partial charge in [-0.2, -0.15) is 0 Å². The molecule has 1 aromatic rings. The number of hydrogen-bond acceptors (Lipinski definition) is 4. The predicted octanol–water partition coefficient (Wildman–Crippen LogP) is 2.28. The second-order valence-electron chi connectivity index (χ2n) is 4.72. The average Bonchev–Trinajstić information content (AvgIpc) is 2.74. The summed E-state index contributed by atoms with van der Waals surface area (Å²) >= 11 is 0. The molecular formula is C12H13FN2O4. The monoisotopic (exact) mass is 268 g/mol. The van der Waals surface area contributed by atoms with Crippen LogP contribution in [-0.4, -0.2) is 29.1 Å². The fourth-order valence-electron chi connectivity index (χ4n) is 2.27. The molecule has 1 aliphatic heterocycles. The first kappa shape index (κ1) is 13.3. The highest BCUT2D eigenvalue weighted by Gasteiger charge is 2.28. The van der Waals surface area contributed by atoms with Crippen LogP contribution in [-0.2, 0) is 0 Å². The number of benzene rings is 1. The maximum Gasteiger partial charge on any atom is 0.338 e. The summed E-state index contributed by atoms with van der Waals surface area (Å²) in [4.78, 5) is 22.9. The lowest BCUT2D eigenvalue weighted by Crippen LogP contribution is -2.21. The lowest BCUT2D eigenvalue weighted by atomic mass is 10.1. The number of hydrogen-bond donors (Lipinski definition) is 1. The van der Waals surface area contributed by atoms with Crippen molar-refractivity contribution in [2.24, 2.45) is 5.92 Å². The Hall–Kier alpha value is -2.18. The molecule has 2 rings (SSSR count). The summed E-state index contributed by atoms with van der Waals surface area (Å²) < 4.78 is 13.5. The van der Waals surface area contributed by atoms with Crippen LogP contribution in [0.1, 0.15) is 23.7 Å². The zero-order chi connectivity index (χ0) is 14.2. The molecule has 1 aromatic carbocycles. The SMILES string of the molecule is CC1CCN(c2cc(C(=O)O)c(F)cc2[N+](=O)[O-])C1. The molecule has 0 saturated carbocycles. The number of aromatic carboxylic acids is 1. The number of halogens is 1. The molecule has 7 heteroatoms. The van der Waals surface area contributed by atoms with Crippen molar-refractivity contribution in [1.29, 1.82) is 0 Å². The van der Waals surface area contributed by atoms with E-state index in [4.69, 9.17) is 5.11 Å². The van der Waals surface area contributed by atoms with Gasteiger partial charge in [0.25, 0.3) is 5.69 Å². The van der Waals surface area contributed by atoms with Gasteiger partial charge < -0.3 is 10.0 Å². The van der Waals surface area contributed by atoms with Crippen LogP contribution >= 0.6 is 0 Å². The predicted molar refractivity (Wildman–Crippen MR) is 66.0 cm³/mol. The molecule has 1 N–H and O–H groups in total. The van der Waals surface area contributed by atoms with E-state index in [1.54, 1.807) is 4.90 Å². The van der Waals surface area contributed by atoms with E-state index in [0.29, 0.717) is 25.1 Å². The van der Waals surface area contributed by atoms with E-state index >= 15 is 0 Å². The zero-order valence-electron chi connectivity index (χ0n) is 10.3.